The van der Waals surface area contributed by atoms with Crippen LogP contribution >= 0.6 is 34.5 Å². The van der Waals surface area contributed by atoms with Crippen LogP contribution < -0.4 is 0 Å². The molecule has 1 amide bonds. The zero-order valence-electron chi connectivity index (χ0n) is 18.3. The van der Waals surface area contributed by atoms with Gasteiger partial charge in [0.25, 0.3) is 0 Å². The normalized spacial score (nSPS) is 15.4. The van der Waals surface area contributed by atoms with E-state index in [-0.39, 0.29) is 48.8 Å². The molecule has 0 saturated carbocycles. The number of nitrogens with zero attached hydrogens (tertiary/aromatic N) is 3. The molecule has 1 aromatic carbocycles. The maximum absolute atomic E-state index is 11.7. The number of oxime groups is 1. The van der Waals surface area contributed by atoms with Gasteiger partial charge in [-0.25, -0.2) is 4.98 Å². The van der Waals surface area contributed by atoms with Crippen LogP contribution in [0, 0.1) is 37.2 Å². The van der Waals surface area contributed by atoms with E-state index in [1.807, 2.05) is 30.5 Å². The first-order valence-electron chi connectivity index (χ1n) is 9.94. The second-order valence-corrected chi connectivity index (χ2v) is 9.71. The summed E-state index contributed by atoms with van der Waals surface area (Å²) in [6.45, 7) is 3.43. The minimum absolute atomic E-state index is 0. The number of halogens is 2. The number of rotatable bonds is 6. The van der Waals surface area contributed by atoms with Gasteiger partial charge in [0.1, 0.15) is 11.6 Å². The van der Waals surface area contributed by atoms with Gasteiger partial charge >= 0.3 is 31.1 Å². The molecule has 1 fully saturated rings. The molecule has 1 aromatic heterocycles. The van der Waals surface area contributed by atoms with E-state index in [4.69, 9.17) is 36.6 Å². The van der Waals surface area contributed by atoms with Crippen molar-refractivity contribution in [3.63, 3.8) is 0 Å². The van der Waals surface area contributed by atoms with E-state index in [0.29, 0.717) is 41.9 Å². The number of piperidine rings is 1. The summed E-state index contributed by atoms with van der Waals surface area (Å²) < 4.78 is 18.0. The van der Waals surface area contributed by atoms with Crippen LogP contribution in [0.3, 0.4) is 0 Å². The molecule has 0 aliphatic carbocycles. The summed E-state index contributed by atoms with van der Waals surface area (Å²) in [6, 6.07) is 8.67. The molecule has 1 N–H and O–H groups in total. The predicted octanol–water partition coefficient (Wildman–Crippen LogP) is 4.84. The van der Waals surface area contributed by atoms with Gasteiger partial charge in [-0.05, 0) is 25.2 Å². The second-order valence-electron chi connectivity index (χ2n) is 7.34. The summed E-state index contributed by atoms with van der Waals surface area (Å²) >= 11 is 13.5. The number of hydrogen-bond donors (Lipinski definition) is 1. The standard InChI is InChI=1S/C20H22Cl2N3O2S.CH3O2S.U/c1-13(15-4-2-3-5-16(15)22)10-17(24-27)18-12-28-20(23-18)14-6-8-25(9-7-14)19(26)11-21;1-4(2)3;/h2-3,5,12-14,27H,6-11H2,1H3;1H3;/q2*-1;+2/b24-17+;;. The van der Waals surface area contributed by atoms with Crippen LogP contribution in [0.25, 0.3) is 0 Å². The van der Waals surface area contributed by atoms with E-state index in [0.717, 1.165) is 29.7 Å². The summed E-state index contributed by atoms with van der Waals surface area (Å²) in [5.41, 5.74) is 2.14. The van der Waals surface area contributed by atoms with Crippen molar-refractivity contribution in [1.29, 1.82) is 0 Å². The number of carbonyl (C=O) groups is 1. The molecule has 12 heteroatoms. The summed E-state index contributed by atoms with van der Waals surface area (Å²) in [7, 11) is -1.86. The molecule has 7 nitrogen and oxygen atoms in total. The quantitative estimate of drug-likeness (QED) is 0.114. The Bertz CT molecular complexity index is 1000. The Hall–Kier alpha value is -0.628. The molecule has 33 heavy (non-hydrogen) atoms. The molecule has 0 spiro atoms. The Kier molecular flexibility index (Phi) is 14.2. The number of benzene rings is 1. The Morgan fingerprint density at radius 2 is 2.06 bits per heavy atom. The third-order valence-corrected chi connectivity index (χ3v) is 6.64. The van der Waals surface area contributed by atoms with E-state index in [9.17, 15) is 10.0 Å². The minimum Gasteiger partial charge on any atom is -0.424 e. The first-order valence-corrected chi connectivity index (χ1v) is 13.2. The third kappa shape index (κ3) is 9.50. The van der Waals surface area contributed by atoms with E-state index in [1.54, 1.807) is 16.2 Å². The number of hydrogen-bond acceptors (Lipinski definition) is 8. The second kappa shape index (κ2) is 15.4. The smallest absolute Gasteiger partial charge is 0.424 e. The van der Waals surface area contributed by atoms with Crippen LogP contribution in [0.1, 0.15) is 54.3 Å². The molecule has 1 aliphatic rings. The van der Waals surface area contributed by atoms with Crippen molar-refractivity contribution < 1.29 is 49.5 Å². The molecule has 3 rings (SSSR count). The maximum atomic E-state index is 11.7. The molecule has 1 unspecified atom stereocenters. The molecule has 1 saturated heterocycles. The van der Waals surface area contributed by atoms with Gasteiger partial charge in [-0.15, -0.1) is 28.5 Å². The van der Waals surface area contributed by atoms with Crippen molar-refractivity contribution in [1.82, 2.24) is 9.88 Å². The molecule has 2 aromatic rings. The molecule has 0 bridgehead atoms. The molecule has 2 heterocycles. The number of amides is 1. The summed E-state index contributed by atoms with van der Waals surface area (Å²) in [5.74, 6) is 0.380. The van der Waals surface area contributed by atoms with Crippen LogP contribution in [0.5, 0.6) is 0 Å². The third-order valence-electron chi connectivity index (χ3n) is 5.08. The van der Waals surface area contributed by atoms with Crippen LogP contribution in [-0.4, -0.2) is 51.9 Å². The van der Waals surface area contributed by atoms with Crippen molar-refractivity contribution in [2.45, 2.75) is 38.0 Å². The molecular formula is C21H25Cl2N3O4S2U. The van der Waals surface area contributed by atoms with Gasteiger partial charge in [0.15, 0.2) is 0 Å². The summed E-state index contributed by atoms with van der Waals surface area (Å²) in [4.78, 5) is 18.2. The van der Waals surface area contributed by atoms with Gasteiger partial charge in [-0.1, -0.05) is 34.1 Å². The van der Waals surface area contributed by atoms with Gasteiger partial charge in [-0.3, -0.25) is 4.79 Å². The SMILES string of the molecule is CC(C/C(=N\O)c1csc(C2CCN(C(=O)CCl)CC2)n1)c1[c-]cccc1Cl.C[S-](=O)=O.[U+2]. The van der Waals surface area contributed by atoms with Crippen LogP contribution in [0.2, 0.25) is 5.02 Å². The fraction of sp³-hybridized carbons (Fsp3) is 0.476. The van der Waals surface area contributed by atoms with E-state index in [1.165, 1.54) is 0 Å². The Labute approximate surface area is 233 Å². The van der Waals surface area contributed by atoms with Gasteiger partial charge in [-0.2, -0.15) is 35.9 Å². The first kappa shape index (κ1) is 30.4. The molecule has 178 valence electrons. The Morgan fingerprint density at radius 3 is 2.61 bits per heavy atom. The first-order chi connectivity index (χ1) is 15.3. The topological polar surface area (TPSA) is 99.9 Å². The number of thiazole rings is 1. The Balaban J connectivity index is 0.00000101. The molecule has 1 atom stereocenters. The van der Waals surface area contributed by atoms with Crippen molar-refractivity contribution in [3.8, 4) is 0 Å². The van der Waals surface area contributed by atoms with Crippen molar-refractivity contribution in [2.24, 2.45) is 5.16 Å². The summed E-state index contributed by atoms with van der Waals surface area (Å²) in [5, 5.41) is 16.6. The summed E-state index contributed by atoms with van der Waals surface area (Å²) in [6.07, 6.45) is 3.33. The molecule has 1 aliphatic heterocycles. The number of carbonyl (C=O) groups excluding carboxylic acids is 1. The van der Waals surface area contributed by atoms with Crippen molar-refractivity contribution in [2.75, 3.05) is 25.2 Å². The molecule has 0 radical (unpaired) electrons. The van der Waals surface area contributed by atoms with Crippen molar-refractivity contribution >= 4 is 56.9 Å². The van der Waals surface area contributed by atoms with Gasteiger partial charge < -0.3 is 18.5 Å². The predicted molar refractivity (Wildman–Crippen MR) is 128 cm³/mol. The van der Waals surface area contributed by atoms with E-state index < -0.39 is 10.7 Å². The van der Waals surface area contributed by atoms with E-state index in [2.05, 4.69) is 11.2 Å². The van der Waals surface area contributed by atoms with Crippen LogP contribution in [0.15, 0.2) is 28.7 Å². The fourth-order valence-corrected chi connectivity index (χ4v) is 4.95. The van der Waals surface area contributed by atoms with Crippen molar-refractivity contribution in [3.05, 3.63) is 50.9 Å². The molecular weight excluding hydrogens is 731 g/mol. The van der Waals surface area contributed by atoms with Gasteiger partial charge in [0, 0.05) is 24.4 Å². The average Bonchev–Trinajstić information content (AvgIpc) is 3.27. The average molecular weight is 757 g/mol. The maximum Gasteiger partial charge on any atom is 2.00 e. The monoisotopic (exact) mass is 755 g/mol. The number of alkyl halides is 1. The zero-order valence-corrected chi connectivity index (χ0v) is 25.6. The van der Waals surface area contributed by atoms with Gasteiger partial charge in [0.05, 0.1) is 10.7 Å². The zero-order chi connectivity index (χ0) is 23.7. The van der Waals surface area contributed by atoms with Gasteiger partial charge in [0.2, 0.25) is 5.91 Å². The largest absolute Gasteiger partial charge is 2.00 e. The van der Waals surface area contributed by atoms with E-state index >= 15 is 0 Å². The fourth-order valence-electron chi connectivity index (χ4n) is 3.46. The van der Waals surface area contributed by atoms with Crippen LogP contribution in [0.4, 0.5) is 0 Å². The number of aromatic nitrogens is 1. The Morgan fingerprint density at radius 1 is 1.42 bits per heavy atom. The number of likely N-dealkylation sites (tertiary alicyclic amines) is 1. The minimum atomic E-state index is -1.86. The van der Waals surface area contributed by atoms with Crippen LogP contribution in [-0.2, 0) is 23.9 Å².